The predicted molar refractivity (Wildman–Crippen MR) is 68.2 cm³/mol. The minimum Gasteiger partial charge on any atom is -0.349 e. The van der Waals surface area contributed by atoms with Crippen LogP contribution in [0.3, 0.4) is 0 Å². The number of hydrogen-bond donors (Lipinski definition) is 2. The first-order valence-corrected chi connectivity index (χ1v) is 6.58. The third kappa shape index (κ3) is 3.07. The fourth-order valence-electron chi connectivity index (χ4n) is 2.62. The normalized spacial score (nSPS) is 25.0. The van der Waals surface area contributed by atoms with Crippen molar-refractivity contribution in [2.75, 3.05) is 13.1 Å². The van der Waals surface area contributed by atoms with Gasteiger partial charge in [-0.25, -0.2) is 0 Å². The van der Waals surface area contributed by atoms with Gasteiger partial charge in [-0.2, -0.15) is 15.4 Å². The Morgan fingerprint density at radius 2 is 2.22 bits per heavy atom. The lowest BCUT2D eigenvalue weighted by molar-refractivity contribution is 0.0885. The van der Waals surface area contributed by atoms with E-state index in [-0.39, 0.29) is 5.91 Å². The van der Waals surface area contributed by atoms with Crippen molar-refractivity contribution >= 4 is 5.91 Å². The topological polar surface area (TPSA) is 73.9 Å². The number of aromatic nitrogens is 3. The van der Waals surface area contributed by atoms with Gasteiger partial charge >= 0.3 is 0 Å². The first-order valence-electron chi connectivity index (χ1n) is 6.58. The van der Waals surface area contributed by atoms with Crippen molar-refractivity contribution in [3.63, 3.8) is 0 Å². The molecule has 2 rings (SSSR count). The van der Waals surface area contributed by atoms with Gasteiger partial charge < -0.3 is 5.32 Å². The van der Waals surface area contributed by atoms with E-state index in [1.54, 1.807) is 0 Å². The van der Waals surface area contributed by atoms with Gasteiger partial charge in [0.05, 0.1) is 6.20 Å². The van der Waals surface area contributed by atoms with Crippen molar-refractivity contribution in [2.24, 2.45) is 0 Å². The van der Waals surface area contributed by atoms with Crippen LogP contribution in [0.5, 0.6) is 0 Å². The molecule has 0 aliphatic carbocycles. The molecule has 0 radical (unpaired) electrons. The average molecular weight is 251 g/mol. The Balaban J connectivity index is 1.76. The lowest BCUT2D eigenvalue weighted by Crippen LogP contribution is -2.47. The fourth-order valence-corrected chi connectivity index (χ4v) is 2.62. The van der Waals surface area contributed by atoms with Crippen LogP contribution in [0.25, 0.3) is 0 Å². The smallest absolute Gasteiger partial charge is 0.273 e. The Kier molecular flexibility index (Phi) is 4.30. The number of nitrogens with one attached hydrogen (secondary N) is 2. The van der Waals surface area contributed by atoms with Crippen LogP contribution < -0.4 is 5.32 Å². The monoisotopic (exact) mass is 251 g/mol. The minimum absolute atomic E-state index is 0.166. The summed E-state index contributed by atoms with van der Waals surface area (Å²) >= 11 is 0. The van der Waals surface area contributed by atoms with Gasteiger partial charge in [0.25, 0.3) is 5.91 Å². The van der Waals surface area contributed by atoms with Crippen molar-refractivity contribution in [2.45, 2.75) is 45.2 Å². The molecule has 0 saturated carbocycles. The second-order valence-corrected chi connectivity index (χ2v) is 4.98. The second-order valence-electron chi connectivity index (χ2n) is 4.98. The zero-order valence-electron chi connectivity index (χ0n) is 11.0. The largest absolute Gasteiger partial charge is 0.349 e. The van der Waals surface area contributed by atoms with E-state index >= 15 is 0 Å². The molecule has 1 aliphatic heterocycles. The Bertz CT molecular complexity index is 368. The molecule has 6 heteroatoms. The van der Waals surface area contributed by atoms with E-state index in [0.717, 1.165) is 6.54 Å². The summed E-state index contributed by atoms with van der Waals surface area (Å²) in [5, 5.41) is 12.7. The quantitative estimate of drug-likeness (QED) is 0.830. The van der Waals surface area contributed by atoms with Gasteiger partial charge in [-0.1, -0.05) is 6.42 Å². The van der Waals surface area contributed by atoms with E-state index in [1.165, 1.54) is 25.5 Å². The van der Waals surface area contributed by atoms with Crippen LogP contribution in [-0.2, 0) is 0 Å². The number of H-pyrrole nitrogens is 1. The molecule has 1 amide bonds. The standard InChI is InChI=1S/C12H21N5O/c1-9-4-3-5-10(2)17(9)7-6-13-12(18)11-8-14-16-15-11/h8-10H,3-7H2,1-2H3,(H,13,18)(H,14,15,16)/t9-,10+. The number of aromatic amines is 1. The van der Waals surface area contributed by atoms with Crippen LogP contribution in [0.1, 0.15) is 43.6 Å². The molecule has 6 nitrogen and oxygen atoms in total. The first-order chi connectivity index (χ1) is 8.68. The van der Waals surface area contributed by atoms with E-state index < -0.39 is 0 Å². The minimum atomic E-state index is -0.166. The molecule has 0 spiro atoms. The zero-order chi connectivity index (χ0) is 13.0. The molecule has 1 aromatic rings. The molecule has 2 N–H and O–H groups in total. The van der Waals surface area contributed by atoms with E-state index in [0.29, 0.717) is 24.3 Å². The van der Waals surface area contributed by atoms with Gasteiger partial charge in [0.15, 0.2) is 5.69 Å². The highest BCUT2D eigenvalue weighted by Crippen LogP contribution is 2.21. The van der Waals surface area contributed by atoms with E-state index in [1.807, 2.05) is 0 Å². The third-order valence-electron chi connectivity index (χ3n) is 3.68. The van der Waals surface area contributed by atoms with Gasteiger partial charge in [-0.15, -0.1) is 0 Å². The van der Waals surface area contributed by atoms with E-state index in [9.17, 15) is 4.79 Å². The number of hydrogen-bond acceptors (Lipinski definition) is 4. The maximum absolute atomic E-state index is 11.7. The van der Waals surface area contributed by atoms with Gasteiger partial charge in [-0.3, -0.25) is 9.69 Å². The number of carbonyl (C=O) groups is 1. The summed E-state index contributed by atoms with van der Waals surface area (Å²) < 4.78 is 0. The Morgan fingerprint density at radius 1 is 1.50 bits per heavy atom. The number of nitrogens with zero attached hydrogens (tertiary/aromatic N) is 3. The highest BCUT2D eigenvalue weighted by molar-refractivity contribution is 5.91. The molecule has 0 bridgehead atoms. The van der Waals surface area contributed by atoms with Crippen LogP contribution in [0, 0.1) is 0 Å². The molecule has 1 aliphatic rings. The highest BCUT2D eigenvalue weighted by Gasteiger charge is 2.24. The lowest BCUT2D eigenvalue weighted by Gasteiger charge is -2.38. The van der Waals surface area contributed by atoms with Crippen molar-refractivity contribution in [1.82, 2.24) is 25.6 Å². The van der Waals surface area contributed by atoms with Crippen LogP contribution in [0.2, 0.25) is 0 Å². The second kappa shape index (κ2) is 5.95. The van der Waals surface area contributed by atoms with Crippen LogP contribution in [0.15, 0.2) is 6.20 Å². The maximum Gasteiger partial charge on any atom is 0.273 e. The molecule has 1 saturated heterocycles. The van der Waals surface area contributed by atoms with E-state index in [2.05, 4.69) is 39.5 Å². The molecule has 18 heavy (non-hydrogen) atoms. The Morgan fingerprint density at radius 3 is 2.83 bits per heavy atom. The summed E-state index contributed by atoms with van der Waals surface area (Å²) in [6, 6.07) is 1.22. The van der Waals surface area contributed by atoms with Crippen LogP contribution in [0.4, 0.5) is 0 Å². The van der Waals surface area contributed by atoms with Crippen molar-refractivity contribution in [3.8, 4) is 0 Å². The molecule has 0 aromatic carbocycles. The van der Waals surface area contributed by atoms with Crippen LogP contribution >= 0.6 is 0 Å². The Hall–Kier alpha value is -1.43. The molecular formula is C12H21N5O. The van der Waals surface area contributed by atoms with Crippen LogP contribution in [-0.4, -0.2) is 51.4 Å². The third-order valence-corrected chi connectivity index (χ3v) is 3.68. The zero-order valence-corrected chi connectivity index (χ0v) is 11.0. The highest BCUT2D eigenvalue weighted by atomic mass is 16.1. The number of piperidine rings is 1. The number of carbonyl (C=O) groups excluding carboxylic acids is 1. The summed E-state index contributed by atoms with van der Waals surface area (Å²) in [4.78, 5) is 14.1. The molecule has 0 unspecified atom stereocenters. The molecule has 1 fully saturated rings. The number of rotatable bonds is 4. The van der Waals surface area contributed by atoms with Gasteiger partial charge in [0.1, 0.15) is 0 Å². The fraction of sp³-hybridized carbons (Fsp3) is 0.750. The SMILES string of the molecule is C[C@@H]1CCC[C@H](C)N1CCNC(=O)c1cn[nH]n1. The molecule has 100 valence electrons. The molecular weight excluding hydrogens is 230 g/mol. The van der Waals surface area contributed by atoms with Crippen molar-refractivity contribution in [1.29, 1.82) is 0 Å². The number of amides is 1. The average Bonchev–Trinajstić information content (AvgIpc) is 2.86. The summed E-state index contributed by atoms with van der Waals surface area (Å²) in [5.74, 6) is -0.166. The van der Waals surface area contributed by atoms with Crippen molar-refractivity contribution in [3.05, 3.63) is 11.9 Å². The predicted octanol–water partition coefficient (Wildman–Crippen LogP) is 0.797. The van der Waals surface area contributed by atoms with Crippen molar-refractivity contribution < 1.29 is 4.79 Å². The summed E-state index contributed by atoms with van der Waals surface area (Å²) in [7, 11) is 0. The van der Waals surface area contributed by atoms with Gasteiger partial charge in [0.2, 0.25) is 0 Å². The first kappa shape index (κ1) is 13.0. The Labute approximate surface area is 107 Å². The van der Waals surface area contributed by atoms with E-state index in [4.69, 9.17) is 0 Å². The van der Waals surface area contributed by atoms with Gasteiger partial charge in [-0.05, 0) is 26.7 Å². The molecule has 1 aromatic heterocycles. The molecule has 2 heterocycles. The summed E-state index contributed by atoms with van der Waals surface area (Å²) in [6.45, 7) is 6.07. The lowest BCUT2D eigenvalue weighted by atomic mass is 9.98. The summed E-state index contributed by atoms with van der Waals surface area (Å²) in [6.07, 6.45) is 5.24. The number of likely N-dealkylation sites (tertiary alicyclic amines) is 1. The summed E-state index contributed by atoms with van der Waals surface area (Å²) in [5.41, 5.74) is 0.342. The maximum atomic E-state index is 11.7. The van der Waals surface area contributed by atoms with Gasteiger partial charge in [0, 0.05) is 25.2 Å². The molecule has 2 atom stereocenters.